The molecule has 1 saturated carbocycles. The van der Waals surface area contributed by atoms with Gasteiger partial charge >= 0.3 is 0 Å². The molecule has 0 aliphatic heterocycles. The van der Waals surface area contributed by atoms with Gasteiger partial charge in [0.05, 0.1) is 19.1 Å². The van der Waals surface area contributed by atoms with E-state index < -0.39 is 5.41 Å². The van der Waals surface area contributed by atoms with Crippen molar-refractivity contribution in [3.05, 3.63) is 29.3 Å². The van der Waals surface area contributed by atoms with Gasteiger partial charge in [0, 0.05) is 6.54 Å². The van der Waals surface area contributed by atoms with Gasteiger partial charge in [-0.05, 0) is 37.0 Å². The van der Waals surface area contributed by atoms with Gasteiger partial charge in [0.15, 0.2) is 0 Å². The first-order valence-corrected chi connectivity index (χ1v) is 7.18. The van der Waals surface area contributed by atoms with Crippen molar-refractivity contribution >= 4 is 5.91 Å². The topological polar surface area (TPSA) is 58.6 Å². The number of aryl methyl sites for hydroxylation is 1. The summed E-state index contributed by atoms with van der Waals surface area (Å²) >= 11 is 0. The molecular weight excluding hydrogens is 254 g/mol. The van der Waals surface area contributed by atoms with Crippen LogP contribution in [0.15, 0.2) is 18.2 Å². The molecule has 1 aliphatic rings. The molecule has 1 aromatic carbocycles. The van der Waals surface area contributed by atoms with Crippen molar-refractivity contribution in [1.29, 1.82) is 0 Å². The van der Waals surface area contributed by atoms with Gasteiger partial charge in [-0.1, -0.05) is 25.0 Å². The molecule has 2 N–H and O–H groups in total. The van der Waals surface area contributed by atoms with Gasteiger partial charge < -0.3 is 15.2 Å². The zero-order valence-corrected chi connectivity index (χ0v) is 12.2. The standard InChI is InChI=1S/C16H23NO3/c1-12-5-6-13(11-14(12)20-2)16(7-3-4-8-16)15(19)17-9-10-18/h5-6,11,18H,3-4,7-10H2,1-2H3,(H,17,19). The Morgan fingerprint density at radius 3 is 2.70 bits per heavy atom. The van der Waals surface area contributed by atoms with E-state index in [9.17, 15) is 4.79 Å². The number of nitrogens with one attached hydrogen (secondary N) is 1. The molecule has 0 atom stereocenters. The number of carbonyl (C=O) groups excluding carboxylic acids is 1. The second-order valence-electron chi connectivity index (χ2n) is 5.45. The zero-order valence-electron chi connectivity index (χ0n) is 12.2. The maximum absolute atomic E-state index is 12.5. The first kappa shape index (κ1) is 14.9. The smallest absolute Gasteiger partial charge is 0.230 e. The summed E-state index contributed by atoms with van der Waals surface area (Å²) in [6.45, 7) is 2.28. The third kappa shape index (κ3) is 2.66. The molecule has 4 nitrogen and oxygen atoms in total. The van der Waals surface area contributed by atoms with Crippen LogP contribution in [0.2, 0.25) is 0 Å². The van der Waals surface area contributed by atoms with Crippen LogP contribution in [0.3, 0.4) is 0 Å². The SMILES string of the molecule is COc1cc(C2(C(=O)NCCO)CCCC2)ccc1C. The molecule has 0 saturated heterocycles. The van der Waals surface area contributed by atoms with Gasteiger partial charge in [-0.2, -0.15) is 0 Å². The monoisotopic (exact) mass is 277 g/mol. The van der Waals surface area contributed by atoms with E-state index in [0.29, 0.717) is 6.54 Å². The van der Waals surface area contributed by atoms with E-state index in [1.165, 1.54) is 0 Å². The highest BCUT2D eigenvalue weighted by Crippen LogP contribution is 2.42. The molecule has 110 valence electrons. The minimum Gasteiger partial charge on any atom is -0.496 e. The molecule has 0 unspecified atom stereocenters. The van der Waals surface area contributed by atoms with Crippen LogP contribution in [0.5, 0.6) is 5.75 Å². The van der Waals surface area contributed by atoms with Gasteiger partial charge in [0.1, 0.15) is 5.75 Å². The van der Waals surface area contributed by atoms with E-state index in [1.807, 2.05) is 25.1 Å². The van der Waals surface area contributed by atoms with Crippen LogP contribution >= 0.6 is 0 Å². The van der Waals surface area contributed by atoms with Gasteiger partial charge in [0.25, 0.3) is 0 Å². The van der Waals surface area contributed by atoms with Crippen LogP contribution in [0, 0.1) is 6.92 Å². The van der Waals surface area contributed by atoms with E-state index in [1.54, 1.807) is 7.11 Å². The largest absolute Gasteiger partial charge is 0.496 e. The summed E-state index contributed by atoms with van der Waals surface area (Å²) in [6, 6.07) is 6.02. The van der Waals surface area contributed by atoms with E-state index >= 15 is 0 Å². The summed E-state index contributed by atoms with van der Waals surface area (Å²) < 4.78 is 5.38. The molecule has 0 radical (unpaired) electrons. The van der Waals surface area contributed by atoms with E-state index in [4.69, 9.17) is 9.84 Å². The highest BCUT2D eigenvalue weighted by molar-refractivity contribution is 5.88. The average molecular weight is 277 g/mol. The fourth-order valence-corrected chi connectivity index (χ4v) is 3.08. The van der Waals surface area contributed by atoms with Crippen molar-refractivity contribution in [2.24, 2.45) is 0 Å². The van der Waals surface area contributed by atoms with Gasteiger partial charge in [-0.15, -0.1) is 0 Å². The minimum absolute atomic E-state index is 0.0231. The Labute approximate surface area is 120 Å². The van der Waals surface area contributed by atoms with Gasteiger partial charge in [0.2, 0.25) is 5.91 Å². The molecule has 0 aromatic heterocycles. The third-order valence-electron chi connectivity index (χ3n) is 4.25. The zero-order chi connectivity index (χ0) is 14.6. The number of amides is 1. The number of carbonyl (C=O) groups is 1. The molecule has 1 amide bonds. The quantitative estimate of drug-likeness (QED) is 0.864. The lowest BCUT2D eigenvalue weighted by molar-refractivity contribution is -0.126. The number of hydrogen-bond donors (Lipinski definition) is 2. The summed E-state index contributed by atoms with van der Waals surface area (Å²) in [6.07, 6.45) is 3.83. The van der Waals surface area contributed by atoms with Crippen LogP contribution in [-0.2, 0) is 10.2 Å². The summed E-state index contributed by atoms with van der Waals surface area (Å²) in [4.78, 5) is 12.5. The Balaban J connectivity index is 2.35. The lowest BCUT2D eigenvalue weighted by Crippen LogP contribution is -2.43. The summed E-state index contributed by atoms with van der Waals surface area (Å²) in [5, 5.41) is 11.7. The van der Waals surface area contributed by atoms with Crippen molar-refractivity contribution in [3.8, 4) is 5.75 Å². The molecule has 0 spiro atoms. The Kier molecular flexibility index (Phi) is 4.65. The fraction of sp³-hybridized carbons (Fsp3) is 0.562. The van der Waals surface area contributed by atoms with Crippen molar-refractivity contribution in [3.63, 3.8) is 0 Å². The number of rotatable bonds is 5. The van der Waals surface area contributed by atoms with Crippen LogP contribution in [-0.4, -0.2) is 31.3 Å². The van der Waals surface area contributed by atoms with Crippen molar-refractivity contribution in [2.75, 3.05) is 20.3 Å². The maximum atomic E-state index is 12.5. The summed E-state index contributed by atoms with van der Waals surface area (Å²) in [5.74, 6) is 0.846. The van der Waals surface area contributed by atoms with Crippen molar-refractivity contribution < 1.29 is 14.6 Å². The predicted octanol–water partition coefficient (Wildman–Crippen LogP) is 1.92. The number of ether oxygens (including phenoxy) is 1. The molecular formula is C16H23NO3. The van der Waals surface area contributed by atoms with E-state index in [-0.39, 0.29) is 12.5 Å². The number of benzene rings is 1. The fourth-order valence-electron chi connectivity index (χ4n) is 3.08. The average Bonchev–Trinajstić information content (AvgIpc) is 2.96. The van der Waals surface area contributed by atoms with Crippen molar-refractivity contribution in [1.82, 2.24) is 5.32 Å². The number of aliphatic hydroxyl groups is 1. The van der Waals surface area contributed by atoms with Crippen molar-refractivity contribution in [2.45, 2.75) is 38.0 Å². The lowest BCUT2D eigenvalue weighted by Gasteiger charge is -2.29. The van der Waals surface area contributed by atoms with E-state index in [2.05, 4.69) is 5.32 Å². The second kappa shape index (κ2) is 6.27. The highest BCUT2D eigenvalue weighted by Gasteiger charge is 2.42. The normalized spacial score (nSPS) is 16.9. The number of aliphatic hydroxyl groups excluding tert-OH is 1. The molecule has 1 aromatic rings. The number of hydrogen-bond acceptors (Lipinski definition) is 3. The Hall–Kier alpha value is -1.55. The predicted molar refractivity (Wildman–Crippen MR) is 78.0 cm³/mol. The second-order valence-corrected chi connectivity index (χ2v) is 5.45. The Bertz CT molecular complexity index is 479. The summed E-state index contributed by atoms with van der Waals surface area (Å²) in [7, 11) is 1.65. The number of methoxy groups -OCH3 is 1. The van der Waals surface area contributed by atoms with Gasteiger partial charge in [-0.25, -0.2) is 0 Å². The van der Waals surface area contributed by atoms with Crippen LogP contribution in [0.1, 0.15) is 36.8 Å². The molecule has 0 bridgehead atoms. The molecule has 1 aliphatic carbocycles. The molecule has 1 fully saturated rings. The van der Waals surface area contributed by atoms with Crippen LogP contribution in [0.4, 0.5) is 0 Å². The van der Waals surface area contributed by atoms with Gasteiger partial charge in [-0.3, -0.25) is 4.79 Å². The third-order valence-corrected chi connectivity index (χ3v) is 4.25. The Morgan fingerprint density at radius 2 is 2.10 bits per heavy atom. The van der Waals surface area contributed by atoms with Crippen LogP contribution < -0.4 is 10.1 Å². The molecule has 0 heterocycles. The minimum atomic E-state index is -0.462. The highest BCUT2D eigenvalue weighted by atomic mass is 16.5. The first-order chi connectivity index (χ1) is 9.64. The molecule has 2 rings (SSSR count). The first-order valence-electron chi connectivity index (χ1n) is 7.18. The Morgan fingerprint density at radius 1 is 1.40 bits per heavy atom. The molecule has 4 heteroatoms. The lowest BCUT2D eigenvalue weighted by atomic mass is 9.77. The van der Waals surface area contributed by atoms with Crippen LogP contribution in [0.25, 0.3) is 0 Å². The van der Waals surface area contributed by atoms with E-state index in [0.717, 1.165) is 42.6 Å². The maximum Gasteiger partial charge on any atom is 0.230 e. The molecule has 20 heavy (non-hydrogen) atoms. The summed E-state index contributed by atoms with van der Waals surface area (Å²) in [5.41, 5.74) is 1.63.